The van der Waals surface area contributed by atoms with Crippen molar-refractivity contribution < 1.29 is 19.2 Å². The van der Waals surface area contributed by atoms with E-state index in [1.165, 1.54) is 4.90 Å². The van der Waals surface area contributed by atoms with Crippen LogP contribution in [0.3, 0.4) is 0 Å². The lowest BCUT2D eigenvalue weighted by Crippen LogP contribution is -3.12. The number of hydrogen-bond donors (Lipinski definition) is 1. The first-order valence-corrected chi connectivity index (χ1v) is 11.3. The minimum Gasteiger partial charge on any atom is -0.485 e. The molecule has 0 unspecified atom stereocenters. The van der Waals surface area contributed by atoms with Gasteiger partial charge >= 0.3 is 0 Å². The zero-order valence-electron chi connectivity index (χ0n) is 17.7. The molecule has 0 spiro atoms. The lowest BCUT2D eigenvalue weighted by molar-refractivity contribution is -0.894. The number of anilines is 1. The number of ether oxygens (including phenoxy) is 2. The van der Waals surface area contributed by atoms with Crippen molar-refractivity contribution in [3.63, 3.8) is 0 Å². The number of aryl methyl sites for hydroxylation is 1. The molecule has 1 aromatic heterocycles. The minimum absolute atomic E-state index is 0.104. The monoisotopic (exact) mass is 426 g/mol. The van der Waals surface area contributed by atoms with Crippen molar-refractivity contribution in [1.82, 2.24) is 4.98 Å². The topological polar surface area (TPSA) is 56.1 Å². The second kappa shape index (κ2) is 9.02. The van der Waals surface area contributed by atoms with Crippen LogP contribution in [0.15, 0.2) is 42.5 Å². The number of carbonyl (C=O) groups is 1. The van der Waals surface area contributed by atoms with Gasteiger partial charge in [0.1, 0.15) is 6.61 Å². The molecule has 0 fully saturated rings. The fraction of sp³-hybridized carbons (Fsp3) is 0.391. The van der Waals surface area contributed by atoms with E-state index in [-0.39, 0.29) is 12.5 Å². The second-order valence-corrected chi connectivity index (χ2v) is 8.49. The van der Waals surface area contributed by atoms with Crippen LogP contribution in [0.2, 0.25) is 0 Å². The van der Waals surface area contributed by atoms with E-state index >= 15 is 0 Å². The lowest BCUT2D eigenvalue weighted by atomic mass is 10.2. The maximum atomic E-state index is 13.5. The molecule has 1 N–H and O–H groups in total. The fourth-order valence-electron chi connectivity index (χ4n) is 3.68. The predicted molar refractivity (Wildman–Crippen MR) is 120 cm³/mol. The minimum atomic E-state index is -0.681. The van der Waals surface area contributed by atoms with Gasteiger partial charge in [0.05, 0.1) is 36.4 Å². The first kappa shape index (κ1) is 20.6. The van der Waals surface area contributed by atoms with Crippen LogP contribution in [0.1, 0.15) is 19.4 Å². The molecular weight excluding hydrogens is 398 g/mol. The van der Waals surface area contributed by atoms with Crippen LogP contribution < -0.4 is 19.3 Å². The van der Waals surface area contributed by atoms with Crippen LogP contribution in [-0.4, -0.2) is 49.8 Å². The summed E-state index contributed by atoms with van der Waals surface area (Å²) in [4.78, 5) is 21.6. The van der Waals surface area contributed by atoms with Crippen molar-refractivity contribution in [3.05, 3.63) is 48.0 Å². The summed E-state index contributed by atoms with van der Waals surface area (Å²) >= 11 is 1.55. The number of fused-ring (bicyclic) bond motifs is 2. The molecule has 4 rings (SSSR count). The van der Waals surface area contributed by atoms with Crippen molar-refractivity contribution in [1.29, 1.82) is 0 Å². The smallest absolute Gasteiger partial charge is 0.273 e. The van der Waals surface area contributed by atoms with Gasteiger partial charge in [-0.15, -0.1) is 0 Å². The molecule has 2 heterocycles. The Morgan fingerprint density at radius 2 is 1.93 bits per heavy atom. The molecule has 0 aliphatic carbocycles. The average molecular weight is 427 g/mol. The van der Waals surface area contributed by atoms with Gasteiger partial charge in [-0.3, -0.25) is 9.69 Å². The average Bonchev–Trinajstić information content (AvgIpc) is 3.21. The van der Waals surface area contributed by atoms with E-state index < -0.39 is 6.10 Å². The first-order chi connectivity index (χ1) is 14.6. The van der Waals surface area contributed by atoms with Gasteiger partial charge in [0, 0.05) is 0 Å². The van der Waals surface area contributed by atoms with Crippen molar-refractivity contribution in [2.45, 2.75) is 26.9 Å². The SMILES string of the molecule is CC[NH+](CC)CCN(C(=O)[C@H]1COc2ccccc2O1)c1nc2c(C)cccc2s1. The summed E-state index contributed by atoms with van der Waals surface area (Å²) in [6.45, 7) is 10.1. The molecule has 1 aliphatic rings. The van der Waals surface area contributed by atoms with Crippen LogP contribution in [-0.2, 0) is 4.79 Å². The molecule has 1 amide bonds. The molecule has 2 aromatic carbocycles. The van der Waals surface area contributed by atoms with E-state index in [0.29, 0.717) is 18.0 Å². The number of amides is 1. The number of carbonyl (C=O) groups excluding carboxylic acids is 1. The van der Waals surface area contributed by atoms with Gasteiger partial charge in [0.2, 0.25) is 6.10 Å². The summed E-state index contributed by atoms with van der Waals surface area (Å²) in [6.07, 6.45) is -0.681. The number of nitrogens with one attached hydrogen (secondary N) is 1. The van der Waals surface area contributed by atoms with Crippen molar-refractivity contribution >= 4 is 32.6 Å². The Morgan fingerprint density at radius 1 is 1.17 bits per heavy atom. The zero-order valence-corrected chi connectivity index (χ0v) is 18.5. The molecule has 7 heteroatoms. The molecule has 0 saturated heterocycles. The predicted octanol–water partition coefficient (Wildman–Crippen LogP) is 2.70. The highest BCUT2D eigenvalue weighted by Crippen LogP contribution is 2.34. The molecule has 0 radical (unpaired) electrons. The molecule has 6 nitrogen and oxygen atoms in total. The van der Waals surface area contributed by atoms with Gasteiger partial charge in [-0.1, -0.05) is 35.6 Å². The Kier molecular flexibility index (Phi) is 6.20. The summed E-state index contributed by atoms with van der Waals surface area (Å²) in [5.41, 5.74) is 2.07. The standard InChI is InChI=1S/C23H27N3O3S/c1-4-25(5-2)13-14-26(23-24-21-16(3)9-8-12-20(21)30-23)22(27)19-15-28-17-10-6-7-11-18(17)29-19/h6-12,19H,4-5,13-15H2,1-3H3/p+1/t19-/m1/s1. The van der Waals surface area contributed by atoms with Crippen LogP contribution in [0, 0.1) is 6.92 Å². The largest absolute Gasteiger partial charge is 0.485 e. The summed E-state index contributed by atoms with van der Waals surface area (Å²) < 4.78 is 12.9. The van der Waals surface area contributed by atoms with Gasteiger partial charge in [-0.2, -0.15) is 0 Å². The molecular formula is C23H28N3O3S+. The van der Waals surface area contributed by atoms with Gasteiger partial charge in [-0.25, -0.2) is 4.98 Å². The number of para-hydroxylation sites is 3. The van der Waals surface area contributed by atoms with Crippen LogP contribution in [0.5, 0.6) is 11.5 Å². The van der Waals surface area contributed by atoms with Gasteiger partial charge < -0.3 is 14.4 Å². The Labute approximate surface area is 181 Å². The van der Waals surface area contributed by atoms with Crippen LogP contribution in [0.25, 0.3) is 10.2 Å². The number of hydrogen-bond acceptors (Lipinski definition) is 5. The van der Waals surface area contributed by atoms with Crippen LogP contribution in [0.4, 0.5) is 5.13 Å². The Bertz CT molecular complexity index is 1030. The van der Waals surface area contributed by atoms with Gasteiger partial charge in [-0.05, 0) is 44.5 Å². The fourth-order valence-corrected chi connectivity index (χ4v) is 4.75. The van der Waals surface area contributed by atoms with E-state index in [0.717, 1.165) is 40.5 Å². The molecule has 30 heavy (non-hydrogen) atoms. The third kappa shape index (κ3) is 4.13. The summed E-state index contributed by atoms with van der Waals surface area (Å²) in [6, 6.07) is 13.6. The highest BCUT2D eigenvalue weighted by Gasteiger charge is 2.33. The normalized spacial score (nSPS) is 15.5. The zero-order chi connectivity index (χ0) is 21.1. The van der Waals surface area contributed by atoms with Crippen molar-refractivity contribution in [2.75, 3.05) is 37.7 Å². The van der Waals surface area contributed by atoms with Gasteiger partial charge in [0.15, 0.2) is 16.6 Å². The Balaban J connectivity index is 1.62. The highest BCUT2D eigenvalue weighted by atomic mass is 32.1. The number of benzene rings is 2. The van der Waals surface area contributed by atoms with Crippen molar-refractivity contribution in [3.8, 4) is 11.5 Å². The number of aromatic nitrogens is 1. The Hall–Kier alpha value is -2.64. The maximum Gasteiger partial charge on any atom is 0.273 e. The van der Waals surface area contributed by atoms with E-state index in [1.54, 1.807) is 16.2 Å². The van der Waals surface area contributed by atoms with E-state index in [9.17, 15) is 4.79 Å². The highest BCUT2D eigenvalue weighted by molar-refractivity contribution is 7.22. The number of nitrogens with zero attached hydrogens (tertiary/aromatic N) is 2. The molecule has 0 saturated carbocycles. The second-order valence-electron chi connectivity index (χ2n) is 7.48. The number of thiazole rings is 1. The molecule has 0 bridgehead atoms. The molecule has 1 aliphatic heterocycles. The summed E-state index contributed by atoms with van der Waals surface area (Å²) in [5.74, 6) is 1.18. The number of quaternary nitrogens is 1. The third-order valence-electron chi connectivity index (χ3n) is 5.58. The lowest BCUT2D eigenvalue weighted by Gasteiger charge is -2.30. The molecule has 3 aromatic rings. The first-order valence-electron chi connectivity index (χ1n) is 10.5. The van der Waals surface area contributed by atoms with E-state index in [4.69, 9.17) is 14.5 Å². The summed E-state index contributed by atoms with van der Waals surface area (Å²) in [7, 11) is 0. The van der Waals surface area contributed by atoms with Crippen molar-refractivity contribution in [2.24, 2.45) is 0 Å². The van der Waals surface area contributed by atoms with E-state index in [1.807, 2.05) is 43.3 Å². The maximum absolute atomic E-state index is 13.5. The number of rotatable bonds is 7. The van der Waals surface area contributed by atoms with E-state index in [2.05, 4.69) is 19.9 Å². The Morgan fingerprint density at radius 3 is 2.67 bits per heavy atom. The summed E-state index contributed by atoms with van der Waals surface area (Å²) in [5, 5.41) is 0.721. The third-order valence-corrected chi connectivity index (χ3v) is 6.62. The molecule has 1 atom stereocenters. The number of likely N-dealkylation sites (N-methyl/N-ethyl adjacent to an activating group) is 1. The molecule has 158 valence electrons. The van der Waals surface area contributed by atoms with Gasteiger partial charge in [0.25, 0.3) is 5.91 Å². The quantitative estimate of drug-likeness (QED) is 0.631. The van der Waals surface area contributed by atoms with Crippen LogP contribution >= 0.6 is 11.3 Å².